The first-order valence-electron chi connectivity index (χ1n) is 7.17. The first-order chi connectivity index (χ1) is 9.51. The first kappa shape index (κ1) is 14.8. The highest BCUT2D eigenvalue weighted by Gasteiger charge is 2.18. The van der Waals surface area contributed by atoms with E-state index in [0.29, 0.717) is 24.7 Å². The van der Waals surface area contributed by atoms with Crippen molar-refractivity contribution in [1.29, 1.82) is 0 Å². The van der Waals surface area contributed by atoms with Crippen molar-refractivity contribution < 1.29 is 9.52 Å². The van der Waals surface area contributed by atoms with E-state index in [1.165, 1.54) is 0 Å². The zero-order chi connectivity index (χ0) is 14.7. The minimum Gasteiger partial charge on any atom is -0.461 e. The van der Waals surface area contributed by atoms with Gasteiger partial charge in [-0.05, 0) is 30.9 Å². The second kappa shape index (κ2) is 6.22. The van der Waals surface area contributed by atoms with Gasteiger partial charge in [0.25, 0.3) is 0 Å². The molecule has 5 heteroatoms. The lowest BCUT2D eigenvalue weighted by Gasteiger charge is -2.09. The summed E-state index contributed by atoms with van der Waals surface area (Å²) in [4.78, 5) is 4.59. The fraction of sp³-hybridized carbons (Fsp3) is 0.600. The summed E-state index contributed by atoms with van der Waals surface area (Å²) in [6.45, 7) is 8.65. The molecule has 2 rings (SSSR count). The maximum atomic E-state index is 9.87. The zero-order valence-corrected chi connectivity index (χ0v) is 12.6. The van der Waals surface area contributed by atoms with Gasteiger partial charge in [0.2, 0.25) is 0 Å². The Morgan fingerprint density at radius 3 is 2.70 bits per heavy atom. The maximum absolute atomic E-state index is 9.87. The number of hydrogen-bond acceptors (Lipinski definition) is 4. The van der Waals surface area contributed by atoms with Gasteiger partial charge in [-0.25, -0.2) is 9.67 Å². The van der Waals surface area contributed by atoms with Crippen LogP contribution in [-0.2, 0) is 13.0 Å². The van der Waals surface area contributed by atoms with Crippen LogP contribution in [0.5, 0.6) is 0 Å². The highest BCUT2D eigenvalue weighted by molar-refractivity contribution is 5.52. The molecule has 2 aromatic heterocycles. The molecule has 0 aromatic carbocycles. The molecule has 0 radical (unpaired) electrons. The van der Waals surface area contributed by atoms with Gasteiger partial charge in [0.05, 0.1) is 18.9 Å². The summed E-state index contributed by atoms with van der Waals surface area (Å²) in [7, 11) is 0. The monoisotopic (exact) mass is 277 g/mol. The molecule has 110 valence electrons. The van der Waals surface area contributed by atoms with Crippen LogP contribution < -0.4 is 0 Å². The third-order valence-electron chi connectivity index (χ3n) is 3.23. The molecule has 1 atom stereocenters. The van der Waals surface area contributed by atoms with Gasteiger partial charge in [0, 0.05) is 6.42 Å². The van der Waals surface area contributed by atoms with Gasteiger partial charge in [-0.1, -0.05) is 20.8 Å². The number of hydrogen-bond donors (Lipinski definition) is 1. The number of aryl methyl sites for hydroxylation is 1. The molecule has 0 fully saturated rings. The van der Waals surface area contributed by atoms with Crippen LogP contribution in [0.15, 0.2) is 16.7 Å². The number of nitrogens with zero attached hydrogens (tertiary/aromatic N) is 3. The molecule has 5 nitrogen and oxygen atoms in total. The molecular weight excluding hydrogens is 254 g/mol. The van der Waals surface area contributed by atoms with Gasteiger partial charge in [0.1, 0.15) is 0 Å². The molecule has 1 unspecified atom stereocenters. The summed E-state index contributed by atoms with van der Waals surface area (Å²) in [5.74, 6) is 2.73. The van der Waals surface area contributed by atoms with Crippen LogP contribution in [-0.4, -0.2) is 26.0 Å². The van der Waals surface area contributed by atoms with Crippen molar-refractivity contribution in [2.75, 3.05) is 0 Å². The van der Waals surface area contributed by atoms with Gasteiger partial charge in [-0.3, -0.25) is 0 Å². The van der Waals surface area contributed by atoms with Crippen molar-refractivity contribution in [2.24, 2.45) is 5.92 Å². The van der Waals surface area contributed by atoms with Crippen LogP contribution in [0.25, 0.3) is 11.6 Å². The van der Waals surface area contributed by atoms with Gasteiger partial charge in [-0.15, -0.1) is 0 Å². The maximum Gasteiger partial charge on any atom is 0.194 e. The molecule has 1 N–H and O–H groups in total. The topological polar surface area (TPSA) is 64.1 Å². The summed E-state index contributed by atoms with van der Waals surface area (Å²) >= 11 is 0. The normalized spacial score (nSPS) is 13.1. The quantitative estimate of drug-likeness (QED) is 0.881. The van der Waals surface area contributed by atoms with E-state index in [1.807, 2.05) is 19.9 Å². The van der Waals surface area contributed by atoms with Crippen LogP contribution in [0, 0.1) is 12.8 Å². The number of furan rings is 1. The Kier molecular flexibility index (Phi) is 4.60. The average Bonchev–Trinajstić information content (AvgIpc) is 2.95. The Balaban J connectivity index is 2.37. The number of rotatable bonds is 6. The molecule has 0 spiro atoms. The number of aliphatic hydroxyl groups is 1. The molecule has 0 aliphatic rings. The summed E-state index contributed by atoms with van der Waals surface area (Å²) in [6.07, 6.45) is 2.75. The van der Waals surface area contributed by atoms with Crippen LogP contribution in [0.3, 0.4) is 0 Å². The SMILES string of the molecule is CCC(O)Cn1nc(CC(C)C)nc1-c1occc1C. The lowest BCUT2D eigenvalue weighted by Crippen LogP contribution is -2.17. The van der Waals surface area contributed by atoms with Crippen molar-refractivity contribution in [3.8, 4) is 11.6 Å². The standard InChI is InChI=1S/C15H23N3O2/c1-5-12(19)9-18-15(14-11(4)6-7-20-14)16-13(17-18)8-10(2)3/h6-7,10,12,19H,5,8-9H2,1-4H3. The highest BCUT2D eigenvalue weighted by Crippen LogP contribution is 2.23. The summed E-state index contributed by atoms with van der Waals surface area (Å²) in [5.41, 5.74) is 1.03. The first-order valence-corrected chi connectivity index (χ1v) is 7.17. The van der Waals surface area contributed by atoms with E-state index in [9.17, 15) is 5.11 Å². The van der Waals surface area contributed by atoms with E-state index < -0.39 is 6.10 Å². The average molecular weight is 277 g/mol. The van der Waals surface area contributed by atoms with Crippen LogP contribution in [0.2, 0.25) is 0 Å². The van der Waals surface area contributed by atoms with E-state index in [4.69, 9.17) is 4.42 Å². The molecule has 0 aliphatic heterocycles. The van der Waals surface area contributed by atoms with Crippen molar-refractivity contribution in [1.82, 2.24) is 14.8 Å². The zero-order valence-electron chi connectivity index (χ0n) is 12.6. The van der Waals surface area contributed by atoms with Crippen molar-refractivity contribution in [2.45, 2.75) is 53.2 Å². The Hall–Kier alpha value is -1.62. The highest BCUT2D eigenvalue weighted by atomic mass is 16.3. The van der Waals surface area contributed by atoms with E-state index in [1.54, 1.807) is 10.9 Å². The molecule has 0 saturated heterocycles. The van der Waals surface area contributed by atoms with Crippen LogP contribution in [0.4, 0.5) is 0 Å². The van der Waals surface area contributed by atoms with Gasteiger partial charge >= 0.3 is 0 Å². The molecule has 0 bridgehead atoms. The van der Waals surface area contributed by atoms with Crippen LogP contribution in [0.1, 0.15) is 38.6 Å². The predicted molar refractivity (Wildman–Crippen MR) is 77.3 cm³/mol. The summed E-state index contributed by atoms with van der Waals surface area (Å²) in [5, 5.41) is 14.4. The minimum absolute atomic E-state index is 0.419. The van der Waals surface area contributed by atoms with E-state index in [-0.39, 0.29) is 0 Å². The Morgan fingerprint density at radius 1 is 1.40 bits per heavy atom. The molecule has 20 heavy (non-hydrogen) atoms. The summed E-state index contributed by atoms with van der Waals surface area (Å²) in [6, 6.07) is 1.91. The Bertz CT molecular complexity index is 557. The lowest BCUT2D eigenvalue weighted by molar-refractivity contribution is 0.145. The molecule has 0 aliphatic carbocycles. The van der Waals surface area contributed by atoms with Gasteiger partial charge < -0.3 is 9.52 Å². The molecule has 0 saturated carbocycles. The third-order valence-corrected chi connectivity index (χ3v) is 3.23. The van der Waals surface area contributed by atoms with E-state index in [2.05, 4.69) is 23.9 Å². The second-order valence-corrected chi connectivity index (χ2v) is 5.63. The van der Waals surface area contributed by atoms with Crippen molar-refractivity contribution in [3.63, 3.8) is 0 Å². The van der Waals surface area contributed by atoms with Gasteiger partial charge in [0.15, 0.2) is 17.4 Å². The summed E-state index contributed by atoms with van der Waals surface area (Å²) < 4.78 is 7.28. The minimum atomic E-state index is -0.419. The molecule has 0 amide bonds. The largest absolute Gasteiger partial charge is 0.461 e. The Labute approximate surface area is 119 Å². The molecular formula is C15H23N3O2. The lowest BCUT2D eigenvalue weighted by atomic mass is 10.1. The molecule has 2 aromatic rings. The van der Waals surface area contributed by atoms with E-state index >= 15 is 0 Å². The smallest absolute Gasteiger partial charge is 0.194 e. The Morgan fingerprint density at radius 2 is 2.15 bits per heavy atom. The van der Waals surface area contributed by atoms with Gasteiger partial charge in [-0.2, -0.15) is 5.10 Å². The van der Waals surface area contributed by atoms with Crippen LogP contribution >= 0.6 is 0 Å². The fourth-order valence-corrected chi connectivity index (χ4v) is 2.07. The second-order valence-electron chi connectivity index (χ2n) is 5.63. The molecule has 2 heterocycles. The van der Waals surface area contributed by atoms with Crippen molar-refractivity contribution in [3.05, 3.63) is 23.7 Å². The fourth-order valence-electron chi connectivity index (χ4n) is 2.07. The van der Waals surface area contributed by atoms with E-state index in [0.717, 1.165) is 23.6 Å². The predicted octanol–water partition coefficient (Wildman–Crippen LogP) is 2.82. The third kappa shape index (κ3) is 3.28. The number of aliphatic hydroxyl groups excluding tert-OH is 1. The van der Waals surface area contributed by atoms with Crippen molar-refractivity contribution >= 4 is 0 Å². The number of aromatic nitrogens is 3.